The molecule has 2 amide bonds. The zero-order valence-electron chi connectivity index (χ0n) is 9.74. The number of carbonyl (C=O) groups is 1. The van der Waals surface area contributed by atoms with Gasteiger partial charge in [0.15, 0.2) is 9.84 Å². The number of amides is 2. The van der Waals surface area contributed by atoms with Crippen LogP contribution in [0.1, 0.15) is 19.3 Å². The number of hydrogen-bond acceptors (Lipinski definition) is 4. The van der Waals surface area contributed by atoms with Gasteiger partial charge in [-0.1, -0.05) is 0 Å². The fourth-order valence-electron chi connectivity index (χ4n) is 2.28. The van der Waals surface area contributed by atoms with Gasteiger partial charge in [-0.25, -0.2) is 13.2 Å². The molecule has 2 fully saturated rings. The molecule has 0 aliphatic carbocycles. The Hall–Kier alpha value is -0.820. The monoisotopic (exact) mass is 261 g/mol. The van der Waals surface area contributed by atoms with E-state index in [-0.39, 0.29) is 11.8 Å². The molecule has 2 rings (SSSR count). The lowest BCUT2D eigenvalue weighted by atomic mass is 10.1. The Balaban J connectivity index is 1.73. The van der Waals surface area contributed by atoms with E-state index >= 15 is 0 Å². The van der Waals surface area contributed by atoms with Crippen LogP contribution in [-0.4, -0.2) is 45.2 Å². The Bertz CT molecular complexity index is 376. The van der Waals surface area contributed by atoms with Gasteiger partial charge in [0.1, 0.15) is 5.37 Å². The van der Waals surface area contributed by atoms with Gasteiger partial charge in [0.05, 0.1) is 5.75 Å². The lowest BCUT2D eigenvalue weighted by molar-refractivity contribution is 0.238. The maximum absolute atomic E-state index is 11.5. The minimum Gasteiger partial charge on any atom is -0.338 e. The van der Waals surface area contributed by atoms with E-state index in [0.717, 1.165) is 19.5 Å². The van der Waals surface area contributed by atoms with Crippen molar-refractivity contribution in [3.8, 4) is 0 Å². The van der Waals surface area contributed by atoms with Gasteiger partial charge in [-0.3, -0.25) is 0 Å². The Morgan fingerprint density at radius 3 is 2.76 bits per heavy atom. The summed E-state index contributed by atoms with van der Waals surface area (Å²) in [7, 11) is -3.10. The number of rotatable bonds is 3. The van der Waals surface area contributed by atoms with Crippen LogP contribution in [-0.2, 0) is 9.84 Å². The summed E-state index contributed by atoms with van der Waals surface area (Å²) in [5.74, 6) is 0.644. The molecule has 0 radical (unpaired) electrons. The molecule has 17 heavy (non-hydrogen) atoms. The Kier molecular flexibility index (Phi) is 3.88. The summed E-state index contributed by atoms with van der Waals surface area (Å²) in [4.78, 5) is 11.5. The van der Waals surface area contributed by atoms with Crippen LogP contribution < -0.4 is 16.0 Å². The molecule has 2 saturated heterocycles. The average Bonchev–Trinajstić information content (AvgIpc) is 2.86. The molecule has 98 valence electrons. The quantitative estimate of drug-likeness (QED) is 0.635. The molecule has 2 heterocycles. The zero-order chi connectivity index (χ0) is 12.3. The number of urea groups is 1. The molecule has 3 N–H and O–H groups in total. The minimum absolute atomic E-state index is 0.185. The number of nitrogens with one attached hydrogen (secondary N) is 3. The van der Waals surface area contributed by atoms with Crippen LogP contribution in [0, 0.1) is 5.92 Å². The molecule has 2 unspecified atom stereocenters. The van der Waals surface area contributed by atoms with Gasteiger partial charge < -0.3 is 16.0 Å². The van der Waals surface area contributed by atoms with Crippen LogP contribution in [0.15, 0.2) is 0 Å². The van der Waals surface area contributed by atoms with Crippen molar-refractivity contribution in [2.45, 2.75) is 24.6 Å². The second kappa shape index (κ2) is 5.22. The minimum atomic E-state index is -3.10. The van der Waals surface area contributed by atoms with E-state index < -0.39 is 15.2 Å². The summed E-state index contributed by atoms with van der Waals surface area (Å²) in [6.07, 6.45) is 2.22. The average molecular weight is 261 g/mol. The Morgan fingerprint density at radius 2 is 2.18 bits per heavy atom. The van der Waals surface area contributed by atoms with Gasteiger partial charge in [-0.05, 0) is 38.3 Å². The third kappa shape index (κ3) is 3.32. The van der Waals surface area contributed by atoms with E-state index in [1.165, 1.54) is 0 Å². The van der Waals surface area contributed by atoms with Gasteiger partial charge in [0.2, 0.25) is 0 Å². The van der Waals surface area contributed by atoms with Crippen LogP contribution in [0.2, 0.25) is 0 Å². The first kappa shape index (κ1) is 12.6. The summed E-state index contributed by atoms with van der Waals surface area (Å²) < 4.78 is 23.0. The predicted molar refractivity (Wildman–Crippen MR) is 64.3 cm³/mol. The maximum Gasteiger partial charge on any atom is 0.315 e. The van der Waals surface area contributed by atoms with Crippen molar-refractivity contribution >= 4 is 15.9 Å². The van der Waals surface area contributed by atoms with Gasteiger partial charge in [0.25, 0.3) is 0 Å². The first-order chi connectivity index (χ1) is 8.08. The molecular formula is C10H19N3O3S. The van der Waals surface area contributed by atoms with E-state index in [0.29, 0.717) is 25.3 Å². The summed E-state index contributed by atoms with van der Waals surface area (Å²) in [6, 6.07) is -0.368. The lowest BCUT2D eigenvalue weighted by Crippen LogP contribution is -2.45. The molecule has 2 aliphatic rings. The van der Waals surface area contributed by atoms with Crippen molar-refractivity contribution in [1.82, 2.24) is 16.0 Å². The van der Waals surface area contributed by atoms with Crippen molar-refractivity contribution < 1.29 is 13.2 Å². The first-order valence-electron chi connectivity index (χ1n) is 6.04. The van der Waals surface area contributed by atoms with Crippen LogP contribution in [0.4, 0.5) is 4.79 Å². The Labute approximate surface area is 101 Å². The smallest absolute Gasteiger partial charge is 0.315 e. The van der Waals surface area contributed by atoms with E-state index in [1.807, 2.05) is 0 Å². The molecule has 0 saturated carbocycles. The number of sulfone groups is 1. The van der Waals surface area contributed by atoms with Crippen LogP contribution in [0.5, 0.6) is 0 Å². The van der Waals surface area contributed by atoms with Crippen molar-refractivity contribution in [1.29, 1.82) is 0 Å². The topological polar surface area (TPSA) is 87.3 Å². The fraction of sp³-hybridized carbons (Fsp3) is 0.900. The van der Waals surface area contributed by atoms with Crippen molar-refractivity contribution in [2.24, 2.45) is 5.92 Å². The molecule has 6 nitrogen and oxygen atoms in total. The molecule has 0 spiro atoms. The molecule has 0 aromatic carbocycles. The van der Waals surface area contributed by atoms with Gasteiger partial charge in [0, 0.05) is 6.54 Å². The van der Waals surface area contributed by atoms with Gasteiger partial charge >= 0.3 is 6.03 Å². The van der Waals surface area contributed by atoms with Crippen LogP contribution >= 0.6 is 0 Å². The molecular weight excluding hydrogens is 242 g/mol. The second-order valence-corrected chi connectivity index (χ2v) is 7.01. The van der Waals surface area contributed by atoms with Crippen LogP contribution in [0.25, 0.3) is 0 Å². The largest absolute Gasteiger partial charge is 0.338 e. The molecule has 0 aromatic heterocycles. The van der Waals surface area contributed by atoms with E-state index in [4.69, 9.17) is 0 Å². The summed E-state index contributed by atoms with van der Waals surface area (Å²) in [5.41, 5.74) is 0. The standard InChI is InChI=1S/C10H19N3O3S/c14-10(12-7-8-3-4-11-6-8)13-9-2-1-5-17(9,15)16/h8-9,11H,1-7H2,(H2,12,13,14). The van der Waals surface area contributed by atoms with Crippen molar-refractivity contribution in [3.05, 3.63) is 0 Å². The SMILES string of the molecule is O=C(NCC1CCNC1)NC1CCCS1(=O)=O. The van der Waals surface area contributed by atoms with E-state index in [9.17, 15) is 13.2 Å². The van der Waals surface area contributed by atoms with E-state index in [2.05, 4.69) is 16.0 Å². The third-order valence-electron chi connectivity index (χ3n) is 3.33. The molecule has 2 atom stereocenters. The van der Waals surface area contributed by atoms with Gasteiger partial charge in [-0.15, -0.1) is 0 Å². The van der Waals surface area contributed by atoms with E-state index in [1.54, 1.807) is 0 Å². The first-order valence-corrected chi connectivity index (χ1v) is 7.76. The van der Waals surface area contributed by atoms with Gasteiger partial charge in [-0.2, -0.15) is 0 Å². The Morgan fingerprint density at radius 1 is 1.35 bits per heavy atom. The molecule has 0 aromatic rings. The maximum atomic E-state index is 11.5. The summed E-state index contributed by atoms with van der Waals surface area (Å²) in [5, 5.41) is 7.79. The highest BCUT2D eigenvalue weighted by molar-refractivity contribution is 7.92. The highest BCUT2D eigenvalue weighted by Gasteiger charge is 2.32. The fourth-order valence-corrected chi connectivity index (χ4v) is 3.94. The zero-order valence-corrected chi connectivity index (χ0v) is 10.6. The van der Waals surface area contributed by atoms with Crippen LogP contribution in [0.3, 0.4) is 0 Å². The summed E-state index contributed by atoms with van der Waals surface area (Å²) in [6.45, 7) is 2.51. The summed E-state index contributed by atoms with van der Waals surface area (Å²) >= 11 is 0. The van der Waals surface area contributed by atoms with Crippen molar-refractivity contribution in [2.75, 3.05) is 25.4 Å². The highest BCUT2D eigenvalue weighted by atomic mass is 32.2. The second-order valence-electron chi connectivity index (χ2n) is 4.71. The lowest BCUT2D eigenvalue weighted by Gasteiger charge is -2.14. The third-order valence-corrected chi connectivity index (χ3v) is 5.41. The normalized spacial score (nSPS) is 31.3. The molecule has 0 bridgehead atoms. The van der Waals surface area contributed by atoms with Crippen molar-refractivity contribution in [3.63, 3.8) is 0 Å². The number of hydrogen-bond donors (Lipinski definition) is 3. The number of carbonyl (C=O) groups excluding carboxylic acids is 1. The predicted octanol–water partition coefficient (Wildman–Crippen LogP) is -0.570. The highest BCUT2D eigenvalue weighted by Crippen LogP contribution is 2.17. The molecule has 2 aliphatic heterocycles. The molecule has 7 heteroatoms.